The van der Waals surface area contributed by atoms with Crippen molar-refractivity contribution >= 4 is 18.0 Å². The molecule has 1 aliphatic heterocycles. The van der Waals surface area contributed by atoms with Crippen molar-refractivity contribution in [3.05, 3.63) is 47.5 Å². The van der Waals surface area contributed by atoms with E-state index in [9.17, 15) is 14.4 Å². The van der Waals surface area contributed by atoms with Crippen molar-refractivity contribution in [2.24, 2.45) is 11.8 Å². The Morgan fingerprint density at radius 3 is 2.61 bits per heavy atom. The maximum absolute atomic E-state index is 12.9. The SMILES string of the molecule is CCOC(=O)[C@@H](C)C/C(C)=C/[C@H](C)C(=O)N1C(=O)OC[C@H]1Cc1ccccc1. The van der Waals surface area contributed by atoms with Crippen molar-refractivity contribution in [1.82, 2.24) is 4.90 Å². The molecule has 0 radical (unpaired) electrons. The van der Waals surface area contributed by atoms with Crippen LogP contribution in [0.15, 0.2) is 42.0 Å². The van der Waals surface area contributed by atoms with Gasteiger partial charge in [0, 0.05) is 0 Å². The average Bonchev–Trinajstić information content (AvgIpc) is 3.02. The molecule has 0 saturated carbocycles. The Hall–Kier alpha value is -2.63. The summed E-state index contributed by atoms with van der Waals surface area (Å²) in [6, 6.07) is 9.41. The van der Waals surface area contributed by atoms with E-state index >= 15 is 0 Å². The van der Waals surface area contributed by atoms with Crippen LogP contribution in [0.25, 0.3) is 0 Å². The topological polar surface area (TPSA) is 72.9 Å². The second-order valence-corrected chi connectivity index (χ2v) is 7.29. The molecule has 6 nitrogen and oxygen atoms in total. The number of carbonyl (C=O) groups is 3. The van der Waals surface area contributed by atoms with E-state index in [0.29, 0.717) is 19.4 Å². The third kappa shape index (κ3) is 5.68. The number of amides is 2. The van der Waals surface area contributed by atoms with Gasteiger partial charge in [-0.25, -0.2) is 9.69 Å². The minimum Gasteiger partial charge on any atom is -0.466 e. The quantitative estimate of drug-likeness (QED) is 0.502. The largest absolute Gasteiger partial charge is 0.466 e. The lowest BCUT2D eigenvalue weighted by atomic mass is 9.98. The zero-order valence-electron chi connectivity index (χ0n) is 17.0. The van der Waals surface area contributed by atoms with E-state index in [1.807, 2.05) is 43.3 Å². The summed E-state index contributed by atoms with van der Waals surface area (Å²) in [7, 11) is 0. The Morgan fingerprint density at radius 1 is 1.29 bits per heavy atom. The first-order valence-electron chi connectivity index (χ1n) is 9.71. The molecule has 0 unspecified atom stereocenters. The lowest BCUT2D eigenvalue weighted by molar-refractivity contribution is -0.147. The summed E-state index contributed by atoms with van der Waals surface area (Å²) in [6.07, 6.45) is 2.29. The highest BCUT2D eigenvalue weighted by Gasteiger charge is 2.39. The van der Waals surface area contributed by atoms with Crippen molar-refractivity contribution in [2.45, 2.75) is 46.6 Å². The van der Waals surface area contributed by atoms with Crippen molar-refractivity contribution in [2.75, 3.05) is 13.2 Å². The number of esters is 1. The molecule has 0 aliphatic carbocycles. The molecule has 1 heterocycles. The Kier molecular flexibility index (Phi) is 7.79. The van der Waals surface area contributed by atoms with Crippen LogP contribution >= 0.6 is 0 Å². The number of nitrogens with zero attached hydrogens (tertiary/aromatic N) is 1. The van der Waals surface area contributed by atoms with E-state index in [0.717, 1.165) is 11.1 Å². The molecule has 152 valence electrons. The average molecular weight is 387 g/mol. The van der Waals surface area contributed by atoms with Crippen molar-refractivity contribution < 1.29 is 23.9 Å². The highest BCUT2D eigenvalue weighted by atomic mass is 16.6. The summed E-state index contributed by atoms with van der Waals surface area (Å²) < 4.78 is 10.2. The minimum atomic E-state index is -0.594. The number of allylic oxidation sites excluding steroid dienone is 1. The number of hydrogen-bond donors (Lipinski definition) is 0. The molecule has 0 aromatic heterocycles. The van der Waals surface area contributed by atoms with Crippen molar-refractivity contribution in [3.8, 4) is 0 Å². The first kappa shape index (κ1) is 21.7. The zero-order chi connectivity index (χ0) is 20.7. The number of benzene rings is 1. The second-order valence-electron chi connectivity index (χ2n) is 7.29. The molecule has 3 atom stereocenters. The van der Waals surface area contributed by atoms with Crippen LogP contribution in [0.3, 0.4) is 0 Å². The monoisotopic (exact) mass is 387 g/mol. The molecule has 28 heavy (non-hydrogen) atoms. The molecule has 1 aromatic carbocycles. The van der Waals surface area contributed by atoms with Gasteiger partial charge in [0.2, 0.25) is 5.91 Å². The summed E-state index contributed by atoms with van der Waals surface area (Å²) >= 11 is 0. The molecule has 1 fully saturated rings. The van der Waals surface area contributed by atoms with Crippen LogP contribution < -0.4 is 0 Å². The van der Waals surface area contributed by atoms with Crippen LogP contribution in [-0.2, 0) is 25.5 Å². The molecule has 1 saturated heterocycles. The van der Waals surface area contributed by atoms with Gasteiger partial charge < -0.3 is 9.47 Å². The Bertz CT molecular complexity index is 728. The fourth-order valence-electron chi connectivity index (χ4n) is 3.40. The molecule has 6 heteroatoms. The number of hydrogen-bond acceptors (Lipinski definition) is 5. The highest BCUT2D eigenvalue weighted by Crippen LogP contribution is 2.22. The van der Waals surface area contributed by atoms with E-state index in [1.54, 1.807) is 20.8 Å². The number of rotatable bonds is 8. The van der Waals surface area contributed by atoms with Crippen LogP contribution in [0.4, 0.5) is 4.79 Å². The van der Waals surface area contributed by atoms with E-state index in [4.69, 9.17) is 9.47 Å². The van der Waals surface area contributed by atoms with Gasteiger partial charge >= 0.3 is 12.1 Å². The van der Waals surface area contributed by atoms with E-state index in [2.05, 4.69) is 0 Å². The maximum atomic E-state index is 12.9. The van der Waals surface area contributed by atoms with Crippen LogP contribution in [-0.4, -0.2) is 42.1 Å². The molecular formula is C22H29NO5. The highest BCUT2D eigenvalue weighted by molar-refractivity contribution is 5.95. The van der Waals surface area contributed by atoms with E-state index in [1.165, 1.54) is 4.90 Å². The standard InChI is InChI=1S/C22H29NO5/c1-5-27-21(25)17(4)12-15(2)11-16(3)20(24)23-19(14-28-22(23)26)13-18-9-7-6-8-10-18/h6-11,16-17,19H,5,12-14H2,1-4H3/b15-11+/t16-,17-,19+/m0/s1. The zero-order valence-corrected chi connectivity index (χ0v) is 17.0. The Balaban J connectivity index is 2.03. The van der Waals surface area contributed by atoms with Gasteiger partial charge in [0.25, 0.3) is 0 Å². The smallest absolute Gasteiger partial charge is 0.417 e. The van der Waals surface area contributed by atoms with Gasteiger partial charge in [0.1, 0.15) is 6.61 Å². The molecule has 1 aromatic rings. The fourth-order valence-corrected chi connectivity index (χ4v) is 3.40. The van der Waals surface area contributed by atoms with Gasteiger partial charge in [-0.05, 0) is 32.3 Å². The molecule has 0 spiro atoms. The second kappa shape index (κ2) is 10.1. The predicted molar refractivity (Wildman–Crippen MR) is 105 cm³/mol. The van der Waals surface area contributed by atoms with Crippen LogP contribution in [0.1, 0.15) is 39.7 Å². The summed E-state index contributed by atoms with van der Waals surface area (Å²) in [5, 5.41) is 0. The number of cyclic esters (lactones) is 1. The van der Waals surface area contributed by atoms with Crippen LogP contribution in [0.5, 0.6) is 0 Å². The lowest BCUT2D eigenvalue weighted by Crippen LogP contribution is -2.42. The Morgan fingerprint density at radius 2 is 1.96 bits per heavy atom. The van der Waals surface area contributed by atoms with Gasteiger partial charge in [-0.15, -0.1) is 0 Å². The third-order valence-corrected chi connectivity index (χ3v) is 4.75. The summed E-state index contributed by atoms with van der Waals surface area (Å²) in [5.41, 5.74) is 1.96. The normalized spacial score (nSPS) is 19.1. The summed E-state index contributed by atoms with van der Waals surface area (Å²) in [4.78, 5) is 38.1. The van der Waals surface area contributed by atoms with Gasteiger partial charge in [-0.1, -0.05) is 55.8 Å². The van der Waals surface area contributed by atoms with Gasteiger partial charge in [0.05, 0.1) is 24.5 Å². The number of imide groups is 1. The molecule has 1 aliphatic rings. The summed E-state index contributed by atoms with van der Waals surface area (Å²) in [5.74, 6) is -1.30. The molecule has 2 rings (SSSR count). The predicted octanol–water partition coefficient (Wildman–Crippen LogP) is 3.75. The molecule has 2 amide bonds. The number of ether oxygens (including phenoxy) is 2. The van der Waals surface area contributed by atoms with Gasteiger partial charge in [0.15, 0.2) is 0 Å². The van der Waals surface area contributed by atoms with Crippen molar-refractivity contribution in [1.29, 1.82) is 0 Å². The van der Waals surface area contributed by atoms with Crippen LogP contribution in [0.2, 0.25) is 0 Å². The first-order chi connectivity index (χ1) is 13.3. The van der Waals surface area contributed by atoms with Crippen LogP contribution in [0, 0.1) is 11.8 Å². The van der Waals surface area contributed by atoms with E-state index in [-0.39, 0.29) is 30.4 Å². The third-order valence-electron chi connectivity index (χ3n) is 4.75. The number of carbonyl (C=O) groups excluding carboxylic acids is 3. The van der Waals surface area contributed by atoms with Crippen molar-refractivity contribution in [3.63, 3.8) is 0 Å². The molecule has 0 bridgehead atoms. The van der Waals surface area contributed by atoms with E-state index < -0.39 is 12.0 Å². The molecular weight excluding hydrogens is 358 g/mol. The van der Waals surface area contributed by atoms with Gasteiger partial charge in [-0.3, -0.25) is 9.59 Å². The fraction of sp³-hybridized carbons (Fsp3) is 0.500. The first-order valence-corrected chi connectivity index (χ1v) is 9.71. The van der Waals surface area contributed by atoms with Gasteiger partial charge in [-0.2, -0.15) is 0 Å². The maximum Gasteiger partial charge on any atom is 0.417 e. The minimum absolute atomic E-state index is 0.203. The Labute approximate surface area is 166 Å². The molecule has 0 N–H and O–H groups in total. The summed E-state index contributed by atoms with van der Waals surface area (Å²) in [6.45, 7) is 7.76. The lowest BCUT2D eigenvalue weighted by Gasteiger charge is -2.22.